The van der Waals surface area contributed by atoms with Crippen molar-refractivity contribution in [3.63, 3.8) is 0 Å². The predicted octanol–water partition coefficient (Wildman–Crippen LogP) is 2.53. The second-order valence-corrected chi connectivity index (χ2v) is 7.28. The summed E-state index contributed by atoms with van der Waals surface area (Å²) in [5.41, 5.74) is 2.44. The van der Waals surface area contributed by atoms with E-state index < -0.39 is 0 Å². The molecule has 6 nitrogen and oxygen atoms in total. The highest BCUT2D eigenvalue weighted by Crippen LogP contribution is 2.20. The minimum atomic E-state index is -0.244. The Hall–Kier alpha value is -2.34. The molecule has 0 saturated carbocycles. The molecule has 1 aromatic carbocycles. The summed E-state index contributed by atoms with van der Waals surface area (Å²) in [5.74, 6) is 0.748. The van der Waals surface area contributed by atoms with Gasteiger partial charge in [0.15, 0.2) is 5.69 Å². The Bertz CT molecular complexity index is 753. The van der Waals surface area contributed by atoms with Gasteiger partial charge in [0.1, 0.15) is 12.4 Å². The number of aromatic nitrogens is 2. The quantitative estimate of drug-likeness (QED) is 0.800. The summed E-state index contributed by atoms with van der Waals surface area (Å²) in [7, 11) is 0. The highest BCUT2D eigenvalue weighted by molar-refractivity contribution is 5.94. The molecule has 1 aliphatic rings. The highest BCUT2D eigenvalue weighted by Gasteiger charge is 2.27. The lowest BCUT2D eigenvalue weighted by Crippen LogP contribution is -2.43. The van der Waals surface area contributed by atoms with Crippen LogP contribution in [0.4, 0.5) is 0 Å². The van der Waals surface area contributed by atoms with Crippen LogP contribution in [0, 0.1) is 0 Å². The summed E-state index contributed by atoms with van der Waals surface area (Å²) in [6.45, 7) is 8.86. The maximum Gasteiger partial charge on any atom is 0.272 e. The topological polar surface area (TPSA) is 68.2 Å². The zero-order valence-corrected chi connectivity index (χ0v) is 15.8. The number of rotatable bonds is 7. The SMILES string of the molecule is CCC(C)(C)NC(=O)c1nn(CCOc2ccccc2)c2c1CNCC2. The average Bonchev–Trinajstić information content (AvgIpc) is 3.01. The molecule has 2 N–H and O–H groups in total. The summed E-state index contributed by atoms with van der Waals surface area (Å²) >= 11 is 0. The maximum absolute atomic E-state index is 12.8. The van der Waals surface area contributed by atoms with Gasteiger partial charge < -0.3 is 15.4 Å². The number of carbonyl (C=O) groups is 1. The van der Waals surface area contributed by atoms with Gasteiger partial charge >= 0.3 is 0 Å². The van der Waals surface area contributed by atoms with Crippen molar-refractivity contribution >= 4 is 5.91 Å². The molecule has 0 unspecified atom stereocenters. The fourth-order valence-electron chi connectivity index (χ4n) is 3.01. The summed E-state index contributed by atoms with van der Waals surface area (Å²) in [6, 6.07) is 9.75. The summed E-state index contributed by atoms with van der Waals surface area (Å²) in [5, 5.41) is 11.1. The van der Waals surface area contributed by atoms with E-state index in [-0.39, 0.29) is 11.4 Å². The first-order valence-corrected chi connectivity index (χ1v) is 9.30. The second-order valence-electron chi connectivity index (χ2n) is 7.28. The predicted molar refractivity (Wildman–Crippen MR) is 101 cm³/mol. The van der Waals surface area contributed by atoms with Gasteiger partial charge in [-0.05, 0) is 32.4 Å². The number of benzene rings is 1. The molecule has 0 radical (unpaired) electrons. The van der Waals surface area contributed by atoms with Crippen molar-refractivity contribution in [3.05, 3.63) is 47.3 Å². The Kier molecular flexibility index (Phi) is 5.61. The Morgan fingerprint density at radius 2 is 2.12 bits per heavy atom. The minimum Gasteiger partial charge on any atom is -0.492 e. The van der Waals surface area contributed by atoms with E-state index in [4.69, 9.17) is 4.74 Å². The lowest BCUT2D eigenvalue weighted by Gasteiger charge is -2.24. The van der Waals surface area contributed by atoms with Gasteiger partial charge in [0, 0.05) is 36.3 Å². The van der Waals surface area contributed by atoms with Crippen LogP contribution in [0.1, 0.15) is 48.9 Å². The number of amides is 1. The van der Waals surface area contributed by atoms with Gasteiger partial charge in [-0.25, -0.2) is 0 Å². The van der Waals surface area contributed by atoms with E-state index >= 15 is 0 Å². The first-order valence-electron chi connectivity index (χ1n) is 9.30. The number of nitrogens with one attached hydrogen (secondary N) is 2. The van der Waals surface area contributed by atoms with Crippen molar-refractivity contribution in [1.29, 1.82) is 0 Å². The molecule has 0 atom stereocenters. The van der Waals surface area contributed by atoms with Crippen molar-refractivity contribution in [2.24, 2.45) is 0 Å². The molecule has 140 valence electrons. The third kappa shape index (κ3) is 4.25. The van der Waals surface area contributed by atoms with Crippen molar-refractivity contribution in [2.75, 3.05) is 13.2 Å². The summed E-state index contributed by atoms with van der Waals surface area (Å²) in [4.78, 5) is 12.8. The number of ether oxygens (including phenoxy) is 1. The maximum atomic E-state index is 12.8. The zero-order valence-electron chi connectivity index (χ0n) is 15.8. The Labute approximate surface area is 154 Å². The van der Waals surface area contributed by atoms with Gasteiger partial charge in [-0.15, -0.1) is 0 Å². The van der Waals surface area contributed by atoms with Crippen molar-refractivity contribution in [3.8, 4) is 5.75 Å². The number of carbonyl (C=O) groups excluding carboxylic acids is 1. The van der Waals surface area contributed by atoms with Crippen LogP contribution in [0.3, 0.4) is 0 Å². The van der Waals surface area contributed by atoms with E-state index in [9.17, 15) is 4.79 Å². The van der Waals surface area contributed by atoms with E-state index in [1.165, 1.54) is 0 Å². The second kappa shape index (κ2) is 7.91. The normalized spacial score (nSPS) is 14.0. The number of fused-ring (bicyclic) bond motifs is 1. The molecule has 1 aliphatic heterocycles. The van der Waals surface area contributed by atoms with Crippen LogP contribution in [0.2, 0.25) is 0 Å². The molecule has 1 amide bonds. The van der Waals surface area contributed by atoms with Crippen molar-refractivity contribution in [2.45, 2.75) is 52.2 Å². The van der Waals surface area contributed by atoms with Gasteiger partial charge in [-0.1, -0.05) is 25.1 Å². The van der Waals surface area contributed by atoms with Crippen LogP contribution in [0.5, 0.6) is 5.75 Å². The molecule has 0 spiro atoms. The van der Waals surface area contributed by atoms with Crippen molar-refractivity contribution in [1.82, 2.24) is 20.4 Å². The summed E-state index contributed by atoms with van der Waals surface area (Å²) in [6.07, 6.45) is 1.74. The van der Waals surface area contributed by atoms with Crippen LogP contribution in [0.25, 0.3) is 0 Å². The number of hydrogen-bond acceptors (Lipinski definition) is 4. The van der Waals surface area contributed by atoms with E-state index in [0.717, 1.165) is 36.4 Å². The van der Waals surface area contributed by atoms with Crippen LogP contribution in [0.15, 0.2) is 30.3 Å². The molecule has 2 aromatic rings. The molecule has 0 bridgehead atoms. The molecule has 6 heteroatoms. The Morgan fingerprint density at radius 1 is 1.35 bits per heavy atom. The van der Waals surface area contributed by atoms with E-state index in [2.05, 4.69) is 22.7 Å². The third-order valence-corrected chi connectivity index (χ3v) is 4.87. The first-order chi connectivity index (χ1) is 12.5. The molecule has 0 aliphatic carbocycles. The molecule has 0 fully saturated rings. The van der Waals surface area contributed by atoms with E-state index in [0.29, 0.717) is 25.4 Å². The van der Waals surface area contributed by atoms with Gasteiger partial charge in [-0.2, -0.15) is 5.10 Å². The molecule has 26 heavy (non-hydrogen) atoms. The fraction of sp³-hybridized carbons (Fsp3) is 0.500. The fourth-order valence-corrected chi connectivity index (χ4v) is 3.01. The molecular weight excluding hydrogens is 328 g/mol. The van der Waals surface area contributed by atoms with E-state index in [1.807, 2.05) is 48.9 Å². The third-order valence-electron chi connectivity index (χ3n) is 4.87. The number of hydrogen-bond donors (Lipinski definition) is 2. The van der Waals surface area contributed by atoms with E-state index in [1.54, 1.807) is 0 Å². The first kappa shape index (κ1) is 18.5. The van der Waals surface area contributed by atoms with Gasteiger partial charge in [-0.3, -0.25) is 9.48 Å². The molecule has 0 saturated heterocycles. The average molecular weight is 356 g/mol. The van der Waals surface area contributed by atoms with Gasteiger partial charge in [0.25, 0.3) is 5.91 Å². The molecule has 2 heterocycles. The molecular formula is C20H28N4O2. The number of nitrogens with zero attached hydrogens (tertiary/aromatic N) is 2. The largest absolute Gasteiger partial charge is 0.492 e. The molecule has 3 rings (SSSR count). The lowest BCUT2D eigenvalue weighted by atomic mass is 10.0. The zero-order chi connectivity index (χ0) is 18.6. The van der Waals surface area contributed by atoms with Crippen LogP contribution in [-0.4, -0.2) is 34.4 Å². The molecule has 1 aromatic heterocycles. The van der Waals surface area contributed by atoms with Crippen molar-refractivity contribution < 1.29 is 9.53 Å². The van der Waals surface area contributed by atoms with Crippen LogP contribution < -0.4 is 15.4 Å². The van der Waals surface area contributed by atoms with Gasteiger partial charge in [0.2, 0.25) is 0 Å². The Balaban J connectivity index is 1.74. The Morgan fingerprint density at radius 3 is 2.85 bits per heavy atom. The van der Waals surface area contributed by atoms with Crippen LogP contribution >= 0.6 is 0 Å². The van der Waals surface area contributed by atoms with Crippen LogP contribution in [-0.2, 0) is 19.5 Å². The standard InChI is InChI=1S/C20H28N4O2/c1-4-20(2,3)22-19(25)18-16-14-21-11-10-17(16)24(23-18)12-13-26-15-8-6-5-7-9-15/h5-9,21H,4,10-14H2,1-3H3,(H,22,25). The summed E-state index contributed by atoms with van der Waals surface area (Å²) < 4.78 is 7.73. The monoisotopic (exact) mass is 356 g/mol. The van der Waals surface area contributed by atoms with Gasteiger partial charge in [0.05, 0.1) is 6.54 Å². The minimum absolute atomic E-state index is 0.0977. The lowest BCUT2D eigenvalue weighted by molar-refractivity contribution is 0.0904. The highest BCUT2D eigenvalue weighted by atomic mass is 16.5. The smallest absolute Gasteiger partial charge is 0.272 e. The number of para-hydroxylation sites is 1.